The number of carbonyl (C=O) groups excluding carboxylic acids is 1. The SMILES string of the molecule is CC(C(=O)C(C)N1CCC[C@H](NC2CCCCC2)C1)N1CCC[C@H](NC2CCCCC2)C1. The maximum absolute atomic E-state index is 13.5. The van der Waals surface area contributed by atoms with Crippen molar-refractivity contribution in [3.63, 3.8) is 0 Å². The van der Waals surface area contributed by atoms with E-state index in [-0.39, 0.29) is 12.1 Å². The minimum atomic E-state index is 0.0348. The average Bonchev–Trinajstić information content (AvgIpc) is 2.84. The third-order valence-corrected chi connectivity index (χ3v) is 8.98. The van der Waals surface area contributed by atoms with Crippen molar-refractivity contribution < 1.29 is 4.79 Å². The Bertz CT molecular complexity index is 524. The van der Waals surface area contributed by atoms with Crippen LogP contribution >= 0.6 is 0 Å². The van der Waals surface area contributed by atoms with Crippen LogP contribution in [0.25, 0.3) is 0 Å². The van der Waals surface area contributed by atoms with E-state index in [1.165, 1.54) is 89.9 Å². The van der Waals surface area contributed by atoms with Crippen LogP contribution < -0.4 is 10.6 Å². The highest BCUT2D eigenvalue weighted by atomic mass is 16.1. The summed E-state index contributed by atoms with van der Waals surface area (Å²) in [5.74, 6) is 0.432. The van der Waals surface area contributed by atoms with E-state index in [4.69, 9.17) is 0 Å². The highest BCUT2D eigenvalue weighted by molar-refractivity contribution is 5.88. The molecule has 0 aromatic rings. The normalized spacial score (nSPS) is 31.9. The first kappa shape index (κ1) is 24.6. The zero-order valence-electron chi connectivity index (χ0n) is 21.0. The molecule has 0 aromatic heterocycles. The molecule has 2 aliphatic heterocycles. The molecule has 0 bridgehead atoms. The number of Topliss-reactive ketones (excluding diaryl/α,β-unsaturated/α-hetero) is 1. The lowest BCUT2D eigenvalue weighted by Gasteiger charge is -2.42. The molecule has 2 N–H and O–H groups in total. The number of hydrogen-bond acceptors (Lipinski definition) is 5. The largest absolute Gasteiger partial charge is 0.310 e. The fourth-order valence-corrected chi connectivity index (χ4v) is 6.90. The van der Waals surface area contributed by atoms with E-state index in [1.807, 2.05) is 0 Å². The minimum Gasteiger partial charge on any atom is -0.310 e. The quantitative estimate of drug-likeness (QED) is 0.588. The molecule has 2 aliphatic carbocycles. The summed E-state index contributed by atoms with van der Waals surface area (Å²) >= 11 is 0. The van der Waals surface area contributed by atoms with Crippen molar-refractivity contribution in [2.45, 2.75) is 140 Å². The molecule has 2 saturated heterocycles. The summed E-state index contributed by atoms with van der Waals surface area (Å²) in [5, 5.41) is 7.89. The van der Waals surface area contributed by atoms with Crippen molar-refractivity contribution >= 4 is 5.78 Å². The molecular formula is C27H50N4O. The zero-order chi connectivity index (χ0) is 22.3. The topological polar surface area (TPSA) is 47.6 Å². The van der Waals surface area contributed by atoms with Gasteiger partial charge in [-0.3, -0.25) is 14.6 Å². The number of nitrogens with one attached hydrogen (secondary N) is 2. The van der Waals surface area contributed by atoms with Gasteiger partial charge in [0, 0.05) is 37.3 Å². The predicted molar refractivity (Wildman–Crippen MR) is 133 cm³/mol. The molecule has 0 amide bonds. The van der Waals surface area contributed by atoms with Crippen LogP contribution in [0.1, 0.15) is 104 Å². The van der Waals surface area contributed by atoms with Crippen molar-refractivity contribution in [2.75, 3.05) is 26.2 Å². The van der Waals surface area contributed by atoms with Gasteiger partial charge in [-0.15, -0.1) is 0 Å². The maximum atomic E-state index is 13.5. The first-order valence-electron chi connectivity index (χ1n) is 14.1. The summed E-state index contributed by atoms with van der Waals surface area (Å²) in [6.07, 6.45) is 18.7. The maximum Gasteiger partial charge on any atom is 0.166 e. The second kappa shape index (κ2) is 12.3. The fourth-order valence-electron chi connectivity index (χ4n) is 6.90. The highest BCUT2D eigenvalue weighted by Crippen LogP contribution is 2.23. The van der Waals surface area contributed by atoms with Crippen molar-refractivity contribution in [3.05, 3.63) is 0 Å². The number of nitrogens with zero attached hydrogens (tertiary/aromatic N) is 2. The van der Waals surface area contributed by atoms with E-state index < -0.39 is 0 Å². The Kier molecular flexibility index (Phi) is 9.45. The number of hydrogen-bond donors (Lipinski definition) is 2. The van der Waals surface area contributed by atoms with Gasteiger partial charge in [0.1, 0.15) is 0 Å². The van der Waals surface area contributed by atoms with E-state index >= 15 is 0 Å². The molecule has 4 aliphatic rings. The molecule has 4 fully saturated rings. The summed E-state index contributed by atoms with van der Waals surface area (Å²) in [7, 11) is 0. The molecule has 0 spiro atoms. The molecule has 0 aromatic carbocycles. The average molecular weight is 447 g/mol. The Labute approximate surface area is 197 Å². The molecule has 0 radical (unpaired) electrons. The number of likely N-dealkylation sites (tertiary alicyclic amines) is 2. The fraction of sp³-hybridized carbons (Fsp3) is 0.963. The van der Waals surface area contributed by atoms with E-state index in [0.717, 1.165) is 26.2 Å². The van der Waals surface area contributed by atoms with Crippen LogP contribution in [0.5, 0.6) is 0 Å². The van der Waals surface area contributed by atoms with Gasteiger partial charge in [-0.25, -0.2) is 0 Å². The summed E-state index contributed by atoms with van der Waals surface area (Å²) in [6.45, 7) is 8.58. The van der Waals surface area contributed by atoms with Crippen LogP contribution in [0.2, 0.25) is 0 Å². The van der Waals surface area contributed by atoms with Crippen molar-refractivity contribution in [1.29, 1.82) is 0 Å². The standard InChI is InChI=1S/C27H50N4O/c1-21(30-17-9-15-25(19-30)28-23-11-5-3-6-12-23)27(32)22(2)31-18-10-16-26(20-31)29-24-13-7-4-8-14-24/h21-26,28-29H,3-20H2,1-2H3/t21?,22?,25-,26-/m0/s1. The molecule has 184 valence electrons. The van der Waals surface area contributed by atoms with Gasteiger partial charge < -0.3 is 10.6 Å². The van der Waals surface area contributed by atoms with Crippen molar-refractivity contribution in [2.24, 2.45) is 0 Å². The molecule has 4 rings (SSSR count). The van der Waals surface area contributed by atoms with Crippen molar-refractivity contribution in [3.8, 4) is 0 Å². The number of rotatable bonds is 8. The van der Waals surface area contributed by atoms with Crippen LogP contribution in [-0.2, 0) is 4.79 Å². The second-order valence-electron chi connectivity index (χ2n) is 11.4. The summed E-state index contributed by atoms with van der Waals surface area (Å²) in [4.78, 5) is 18.5. The van der Waals surface area contributed by atoms with Crippen LogP contribution in [0.3, 0.4) is 0 Å². The molecular weight excluding hydrogens is 396 g/mol. The van der Waals surface area contributed by atoms with Gasteiger partial charge in [0.15, 0.2) is 5.78 Å². The molecule has 5 nitrogen and oxygen atoms in total. The smallest absolute Gasteiger partial charge is 0.166 e. The van der Waals surface area contributed by atoms with Crippen LogP contribution in [0.4, 0.5) is 0 Å². The second-order valence-corrected chi connectivity index (χ2v) is 11.4. The third-order valence-electron chi connectivity index (χ3n) is 8.98. The zero-order valence-corrected chi connectivity index (χ0v) is 21.0. The van der Waals surface area contributed by atoms with Gasteiger partial charge in [0.25, 0.3) is 0 Å². The van der Waals surface area contributed by atoms with Gasteiger partial charge in [-0.05, 0) is 78.3 Å². The van der Waals surface area contributed by atoms with E-state index in [9.17, 15) is 4.79 Å². The van der Waals surface area contributed by atoms with E-state index in [2.05, 4.69) is 34.3 Å². The lowest BCUT2D eigenvalue weighted by Crippen LogP contribution is -2.58. The number of carbonyl (C=O) groups is 1. The lowest BCUT2D eigenvalue weighted by atomic mass is 9.92. The first-order valence-corrected chi connectivity index (χ1v) is 14.1. The molecule has 2 heterocycles. The molecule has 32 heavy (non-hydrogen) atoms. The van der Waals surface area contributed by atoms with Gasteiger partial charge in [0.05, 0.1) is 12.1 Å². The van der Waals surface area contributed by atoms with Crippen LogP contribution in [0, 0.1) is 0 Å². The lowest BCUT2D eigenvalue weighted by molar-refractivity contribution is -0.129. The Morgan fingerprint density at radius 3 is 1.38 bits per heavy atom. The summed E-state index contributed by atoms with van der Waals surface area (Å²) in [6, 6.07) is 2.62. The highest BCUT2D eigenvalue weighted by Gasteiger charge is 2.34. The third kappa shape index (κ3) is 6.77. The van der Waals surface area contributed by atoms with Gasteiger partial charge in [0.2, 0.25) is 0 Å². The van der Waals surface area contributed by atoms with Crippen molar-refractivity contribution in [1.82, 2.24) is 20.4 Å². The summed E-state index contributed by atoms with van der Waals surface area (Å²) < 4.78 is 0. The van der Waals surface area contributed by atoms with Gasteiger partial charge >= 0.3 is 0 Å². The monoisotopic (exact) mass is 446 g/mol. The summed E-state index contributed by atoms with van der Waals surface area (Å²) in [5.41, 5.74) is 0. The minimum absolute atomic E-state index is 0.0348. The first-order chi connectivity index (χ1) is 15.6. The number of ketones is 1. The molecule has 2 saturated carbocycles. The Hall–Kier alpha value is -0.490. The molecule has 5 heteroatoms. The Morgan fingerprint density at radius 1 is 0.594 bits per heavy atom. The molecule has 2 unspecified atom stereocenters. The van der Waals surface area contributed by atoms with Crippen LogP contribution in [0.15, 0.2) is 0 Å². The van der Waals surface area contributed by atoms with Gasteiger partial charge in [-0.2, -0.15) is 0 Å². The molecule has 4 atom stereocenters. The van der Waals surface area contributed by atoms with E-state index in [1.54, 1.807) is 0 Å². The van der Waals surface area contributed by atoms with Crippen LogP contribution in [-0.4, -0.2) is 78.0 Å². The van der Waals surface area contributed by atoms with E-state index in [0.29, 0.717) is 30.0 Å². The van der Waals surface area contributed by atoms with Gasteiger partial charge in [-0.1, -0.05) is 38.5 Å². The Balaban J connectivity index is 1.25. The Morgan fingerprint density at radius 2 is 0.969 bits per heavy atom. The predicted octanol–water partition coefficient (Wildman–Crippen LogP) is 4.11. The number of piperidine rings is 2.